The number of benzene rings is 3. The summed E-state index contributed by atoms with van der Waals surface area (Å²) in [6, 6.07) is 21.9. The Balaban J connectivity index is 1.53. The highest BCUT2D eigenvalue weighted by atomic mass is 32.1. The Labute approximate surface area is 176 Å². The van der Waals surface area contributed by atoms with Crippen molar-refractivity contribution in [3.05, 3.63) is 89.5 Å². The molecule has 0 aliphatic carbocycles. The SMILES string of the molecule is COc1ccc2nc(NC(=O)c3ccc(C(N=[N+]=N)c4ccccc4)cc3)sc2c1. The fraction of sp³-hybridized carbons (Fsp3) is 0.0909. The quantitative estimate of drug-likeness (QED) is 0.334. The van der Waals surface area contributed by atoms with Gasteiger partial charge in [-0.05, 0) is 41.5 Å². The Morgan fingerprint density at radius 1 is 1.10 bits per heavy atom. The van der Waals surface area contributed by atoms with E-state index in [0.717, 1.165) is 27.1 Å². The van der Waals surface area contributed by atoms with Crippen molar-refractivity contribution in [2.75, 3.05) is 12.4 Å². The number of nitrogens with one attached hydrogen (secondary N) is 2. The molecule has 1 atom stereocenters. The highest BCUT2D eigenvalue weighted by molar-refractivity contribution is 7.22. The topological polar surface area (TPSA) is 102 Å². The number of hydrogen-bond acceptors (Lipinski definition) is 6. The Bertz CT molecular complexity index is 1230. The van der Waals surface area contributed by atoms with Crippen molar-refractivity contribution in [1.82, 2.24) is 9.90 Å². The maximum atomic E-state index is 12.6. The lowest BCUT2D eigenvalue weighted by molar-refractivity contribution is 0.102. The van der Waals surface area contributed by atoms with E-state index >= 15 is 0 Å². The van der Waals surface area contributed by atoms with Crippen molar-refractivity contribution in [2.24, 2.45) is 5.11 Å². The number of fused-ring (bicyclic) bond motifs is 1. The fourth-order valence-corrected chi connectivity index (χ4v) is 3.98. The van der Waals surface area contributed by atoms with E-state index in [4.69, 9.17) is 10.3 Å². The van der Waals surface area contributed by atoms with Gasteiger partial charge < -0.3 is 4.74 Å². The van der Waals surface area contributed by atoms with Crippen LogP contribution in [0.1, 0.15) is 27.5 Å². The molecule has 0 radical (unpaired) electrons. The molecule has 1 amide bonds. The third kappa shape index (κ3) is 4.10. The lowest BCUT2D eigenvalue weighted by atomic mass is 9.98. The first-order chi connectivity index (χ1) is 14.7. The van der Waals surface area contributed by atoms with Gasteiger partial charge in [-0.25, -0.2) is 4.98 Å². The molecule has 0 fully saturated rings. The second-order valence-electron chi connectivity index (χ2n) is 6.46. The Kier molecular flexibility index (Phi) is 5.61. The van der Waals surface area contributed by atoms with E-state index in [1.54, 1.807) is 19.2 Å². The minimum absolute atomic E-state index is 0.244. The number of methoxy groups -OCH3 is 1. The molecule has 3 aromatic carbocycles. The van der Waals surface area contributed by atoms with Gasteiger partial charge in [0.1, 0.15) is 16.4 Å². The number of aromatic nitrogens is 1. The van der Waals surface area contributed by atoms with Crippen LogP contribution in [0.2, 0.25) is 0 Å². The molecule has 0 saturated heterocycles. The number of thiazole rings is 1. The van der Waals surface area contributed by atoms with Crippen LogP contribution >= 0.6 is 11.3 Å². The Morgan fingerprint density at radius 3 is 2.53 bits per heavy atom. The summed E-state index contributed by atoms with van der Waals surface area (Å²) in [6.07, 6.45) is 0. The van der Waals surface area contributed by atoms with Crippen LogP contribution < -0.4 is 15.0 Å². The number of nitrogens with zero attached hydrogens (tertiary/aromatic N) is 3. The molecule has 4 aromatic rings. The summed E-state index contributed by atoms with van der Waals surface area (Å²) in [5.74, 6) is 0.503. The molecule has 8 heteroatoms. The molecule has 4 rings (SSSR count). The monoisotopic (exact) mass is 416 g/mol. The van der Waals surface area contributed by atoms with Gasteiger partial charge in [-0.3, -0.25) is 10.1 Å². The summed E-state index contributed by atoms with van der Waals surface area (Å²) < 4.78 is 6.16. The maximum Gasteiger partial charge on any atom is 0.257 e. The summed E-state index contributed by atoms with van der Waals surface area (Å²) in [7, 11) is 1.61. The molecular weight excluding hydrogens is 398 g/mol. The van der Waals surface area contributed by atoms with Crippen molar-refractivity contribution in [3.8, 4) is 5.75 Å². The molecule has 148 valence electrons. The van der Waals surface area contributed by atoms with Crippen LogP contribution in [0.25, 0.3) is 10.2 Å². The van der Waals surface area contributed by atoms with Crippen molar-refractivity contribution >= 4 is 32.6 Å². The molecule has 1 heterocycles. The van der Waals surface area contributed by atoms with Gasteiger partial charge in [0.2, 0.25) is 4.91 Å². The molecule has 30 heavy (non-hydrogen) atoms. The lowest BCUT2D eigenvalue weighted by Crippen LogP contribution is -2.11. The van der Waals surface area contributed by atoms with E-state index in [1.807, 2.05) is 60.7 Å². The predicted molar refractivity (Wildman–Crippen MR) is 116 cm³/mol. The normalized spacial score (nSPS) is 11.5. The second kappa shape index (κ2) is 8.65. The standard InChI is InChI=1S/C22H17N5O2S/c1-29-17-11-12-18-19(13-17)30-22(24-18)25-21(28)16-9-7-15(8-10-16)20(26-27-23)14-5-3-2-4-6-14/h2-13,20,23H,1H3/p+1. The Morgan fingerprint density at radius 2 is 1.83 bits per heavy atom. The third-order valence-electron chi connectivity index (χ3n) is 4.59. The van der Waals surface area contributed by atoms with E-state index in [1.165, 1.54) is 11.3 Å². The number of carbonyl (C=O) groups excluding carboxylic acids is 1. The molecule has 2 N–H and O–H groups in total. The predicted octanol–water partition coefficient (Wildman–Crippen LogP) is 5.20. The van der Waals surface area contributed by atoms with Gasteiger partial charge in [-0.1, -0.05) is 53.8 Å². The largest absolute Gasteiger partial charge is 0.497 e. The van der Waals surface area contributed by atoms with Gasteiger partial charge in [0.25, 0.3) is 5.91 Å². The van der Waals surface area contributed by atoms with Crippen LogP contribution in [0.4, 0.5) is 5.13 Å². The molecule has 0 spiro atoms. The number of ether oxygens (including phenoxy) is 1. The molecule has 1 unspecified atom stereocenters. The second-order valence-corrected chi connectivity index (χ2v) is 7.49. The van der Waals surface area contributed by atoms with Crippen molar-refractivity contribution in [3.63, 3.8) is 0 Å². The van der Waals surface area contributed by atoms with Crippen LogP contribution in [0, 0.1) is 5.53 Å². The molecule has 0 saturated carbocycles. The minimum atomic E-state index is -0.389. The number of carbonyl (C=O) groups is 1. The van der Waals surface area contributed by atoms with Gasteiger partial charge in [-0.2, -0.15) is 0 Å². The average Bonchev–Trinajstić information content (AvgIpc) is 3.19. The maximum absolute atomic E-state index is 12.6. The van der Waals surface area contributed by atoms with Crippen LogP contribution in [-0.2, 0) is 0 Å². The molecule has 7 nitrogen and oxygen atoms in total. The molecule has 0 aliphatic heterocycles. The summed E-state index contributed by atoms with van der Waals surface area (Å²) in [4.78, 5) is 20.3. The zero-order valence-electron chi connectivity index (χ0n) is 16.1. The van der Waals surface area contributed by atoms with Gasteiger partial charge in [-0.15, -0.1) is 0 Å². The van der Waals surface area contributed by atoms with E-state index in [0.29, 0.717) is 10.7 Å². The highest BCUT2D eigenvalue weighted by Crippen LogP contribution is 2.30. The van der Waals surface area contributed by atoms with Crippen molar-refractivity contribution in [2.45, 2.75) is 6.04 Å². The van der Waals surface area contributed by atoms with E-state index in [-0.39, 0.29) is 11.9 Å². The van der Waals surface area contributed by atoms with Crippen LogP contribution in [-0.4, -0.2) is 18.0 Å². The number of anilines is 1. The summed E-state index contributed by atoms with van der Waals surface area (Å²) in [5.41, 5.74) is 10.2. The molecule has 1 aromatic heterocycles. The molecular formula is C22H18N5O2S+. The van der Waals surface area contributed by atoms with Crippen molar-refractivity contribution in [1.29, 1.82) is 5.53 Å². The average molecular weight is 416 g/mol. The third-order valence-corrected chi connectivity index (χ3v) is 5.53. The van der Waals surface area contributed by atoms with Crippen LogP contribution in [0.15, 0.2) is 77.9 Å². The van der Waals surface area contributed by atoms with Crippen LogP contribution in [0.3, 0.4) is 0 Å². The molecule has 0 bridgehead atoms. The minimum Gasteiger partial charge on any atom is -0.497 e. The van der Waals surface area contributed by atoms with Crippen molar-refractivity contribution < 1.29 is 9.53 Å². The highest BCUT2D eigenvalue weighted by Gasteiger charge is 2.19. The van der Waals surface area contributed by atoms with E-state index in [9.17, 15) is 4.79 Å². The van der Waals surface area contributed by atoms with Gasteiger partial charge >= 0.3 is 0 Å². The van der Waals surface area contributed by atoms with E-state index < -0.39 is 0 Å². The smallest absolute Gasteiger partial charge is 0.257 e. The first-order valence-electron chi connectivity index (χ1n) is 9.15. The van der Waals surface area contributed by atoms with Gasteiger partial charge in [0.05, 0.1) is 17.3 Å². The van der Waals surface area contributed by atoms with Crippen LogP contribution in [0.5, 0.6) is 5.75 Å². The van der Waals surface area contributed by atoms with Gasteiger partial charge in [0.15, 0.2) is 11.2 Å². The lowest BCUT2D eigenvalue weighted by Gasteiger charge is -2.08. The van der Waals surface area contributed by atoms with E-state index in [2.05, 4.69) is 20.3 Å². The summed E-state index contributed by atoms with van der Waals surface area (Å²) in [6.45, 7) is 0. The number of amides is 1. The first kappa shape index (κ1) is 19.4. The molecule has 0 aliphatic rings. The van der Waals surface area contributed by atoms with Gasteiger partial charge in [0, 0.05) is 5.56 Å². The fourth-order valence-electron chi connectivity index (χ4n) is 3.09. The number of rotatable bonds is 6. The number of hydrogen-bond donors (Lipinski definition) is 2. The zero-order valence-corrected chi connectivity index (χ0v) is 16.9. The zero-order chi connectivity index (χ0) is 20.9. The first-order valence-corrected chi connectivity index (χ1v) is 9.97. The Hall–Kier alpha value is -3.87. The summed E-state index contributed by atoms with van der Waals surface area (Å²) >= 11 is 1.39. The summed E-state index contributed by atoms with van der Waals surface area (Å²) in [5, 5.41) is 7.39.